The number of hydrogen-bond acceptors (Lipinski definition) is 2. The molecule has 0 aromatic heterocycles. The molecule has 1 aromatic carbocycles. The first kappa shape index (κ1) is 15.5. The second-order valence-corrected chi connectivity index (χ2v) is 6.46. The van der Waals surface area contributed by atoms with Crippen molar-refractivity contribution in [2.45, 2.75) is 57.0 Å². The molecule has 0 amide bonds. The molecule has 0 spiro atoms. The minimum absolute atomic E-state index is 0.402. The third-order valence-electron chi connectivity index (χ3n) is 4.96. The fraction of sp³-hybridized carbons (Fsp3) is 0.667. The average Bonchev–Trinajstić information content (AvgIpc) is 2.41. The number of nitrogens with one attached hydrogen (secondary N) is 1. The van der Waals surface area contributed by atoms with Crippen molar-refractivity contribution in [1.29, 1.82) is 0 Å². The number of likely N-dealkylation sites (N-methyl/N-ethyl adjacent to an activating group) is 1. The van der Waals surface area contributed by atoms with E-state index < -0.39 is 0 Å². The smallest absolute Gasteiger partial charge is 0.0328 e. The zero-order chi connectivity index (χ0) is 14.4. The lowest BCUT2D eigenvalue weighted by atomic mass is 9.75. The fourth-order valence-electron chi connectivity index (χ4n) is 3.16. The Hall–Kier alpha value is -0.860. The van der Waals surface area contributed by atoms with E-state index in [1.807, 2.05) is 0 Å². The average molecular weight is 274 g/mol. The predicted octanol–water partition coefficient (Wildman–Crippen LogP) is 3.99. The van der Waals surface area contributed by atoms with E-state index in [1.54, 1.807) is 0 Å². The maximum Gasteiger partial charge on any atom is 0.0328 e. The second kappa shape index (κ2) is 7.24. The van der Waals surface area contributed by atoms with Gasteiger partial charge in [0.15, 0.2) is 0 Å². The zero-order valence-electron chi connectivity index (χ0n) is 13.4. The minimum atomic E-state index is 0.402. The summed E-state index contributed by atoms with van der Waals surface area (Å²) in [5.41, 5.74) is 1.84. The van der Waals surface area contributed by atoms with Gasteiger partial charge in [-0.1, -0.05) is 50.1 Å². The molecular weight excluding hydrogens is 244 g/mol. The van der Waals surface area contributed by atoms with Gasteiger partial charge < -0.3 is 10.2 Å². The molecule has 0 heterocycles. The lowest BCUT2D eigenvalue weighted by Crippen LogP contribution is -2.56. The predicted molar refractivity (Wildman–Crippen MR) is 87.0 cm³/mol. The molecule has 0 aliphatic heterocycles. The van der Waals surface area contributed by atoms with Gasteiger partial charge in [-0.3, -0.25) is 0 Å². The first-order valence-electron chi connectivity index (χ1n) is 8.14. The van der Waals surface area contributed by atoms with Crippen molar-refractivity contribution < 1.29 is 0 Å². The second-order valence-electron chi connectivity index (χ2n) is 6.46. The first-order chi connectivity index (χ1) is 9.68. The highest BCUT2D eigenvalue weighted by Gasteiger charge is 2.39. The maximum absolute atomic E-state index is 3.85. The molecule has 20 heavy (non-hydrogen) atoms. The highest BCUT2D eigenvalue weighted by molar-refractivity contribution is 5.19. The summed E-state index contributed by atoms with van der Waals surface area (Å²) >= 11 is 0. The molecule has 2 nitrogen and oxygen atoms in total. The van der Waals surface area contributed by atoms with Crippen molar-refractivity contribution in [3.05, 3.63) is 35.9 Å². The van der Waals surface area contributed by atoms with E-state index in [4.69, 9.17) is 0 Å². The number of unbranched alkanes of at least 4 members (excludes halogenated alkanes) is 1. The fourth-order valence-corrected chi connectivity index (χ4v) is 3.16. The Labute approximate surface area is 124 Å². The number of benzene rings is 1. The van der Waals surface area contributed by atoms with Crippen LogP contribution < -0.4 is 5.32 Å². The van der Waals surface area contributed by atoms with Gasteiger partial charge in [0.05, 0.1) is 0 Å². The number of rotatable bonds is 8. The van der Waals surface area contributed by atoms with Crippen molar-refractivity contribution in [3.63, 3.8) is 0 Å². The Morgan fingerprint density at radius 2 is 1.90 bits per heavy atom. The Morgan fingerprint density at radius 3 is 2.40 bits per heavy atom. The third kappa shape index (κ3) is 3.62. The van der Waals surface area contributed by atoms with Crippen molar-refractivity contribution in [2.75, 3.05) is 20.6 Å². The van der Waals surface area contributed by atoms with Gasteiger partial charge in [0.25, 0.3) is 0 Å². The van der Waals surface area contributed by atoms with Crippen LogP contribution in [0.2, 0.25) is 0 Å². The SMILES string of the molecule is CCCCC(NCC1(N(C)C)CCC1)c1ccccc1. The van der Waals surface area contributed by atoms with Crippen LogP contribution >= 0.6 is 0 Å². The lowest BCUT2D eigenvalue weighted by molar-refractivity contribution is 0.0566. The maximum atomic E-state index is 3.85. The van der Waals surface area contributed by atoms with Crippen molar-refractivity contribution in [3.8, 4) is 0 Å². The molecule has 1 aliphatic carbocycles. The van der Waals surface area contributed by atoms with E-state index in [0.29, 0.717) is 11.6 Å². The summed E-state index contributed by atoms with van der Waals surface area (Å²) in [4.78, 5) is 2.42. The van der Waals surface area contributed by atoms with Gasteiger partial charge in [0.2, 0.25) is 0 Å². The summed E-state index contributed by atoms with van der Waals surface area (Å²) in [5.74, 6) is 0. The van der Waals surface area contributed by atoms with Crippen LogP contribution in [0.15, 0.2) is 30.3 Å². The molecule has 112 valence electrons. The molecule has 1 atom stereocenters. The van der Waals surface area contributed by atoms with Gasteiger partial charge in [-0.2, -0.15) is 0 Å². The summed E-state index contributed by atoms with van der Waals surface area (Å²) in [6.07, 6.45) is 7.85. The molecule has 2 heteroatoms. The van der Waals surface area contributed by atoms with Crippen molar-refractivity contribution in [1.82, 2.24) is 10.2 Å². The molecule has 0 radical (unpaired) electrons. The Bertz CT molecular complexity index is 382. The van der Waals surface area contributed by atoms with E-state index in [2.05, 4.69) is 61.6 Å². The summed E-state index contributed by atoms with van der Waals surface area (Å²) in [5, 5.41) is 3.85. The van der Waals surface area contributed by atoms with Crippen LogP contribution in [0.25, 0.3) is 0 Å². The van der Waals surface area contributed by atoms with Crippen LogP contribution in [-0.4, -0.2) is 31.1 Å². The van der Waals surface area contributed by atoms with Gasteiger partial charge in [-0.05, 0) is 45.3 Å². The van der Waals surface area contributed by atoms with Gasteiger partial charge in [0.1, 0.15) is 0 Å². The summed E-state index contributed by atoms with van der Waals surface area (Å²) in [6.45, 7) is 3.39. The van der Waals surface area contributed by atoms with Crippen LogP contribution in [0, 0.1) is 0 Å². The Balaban J connectivity index is 1.97. The van der Waals surface area contributed by atoms with Crippen LogP contribution in [0.5, 0.6) is 0 Å². The third-order valence-corrected chi connectivity index (χ3v) is 4.96. The quantitative estimate of drug-likeness (QED) is 0.771. The van der Waals surface area contributed by atoms with Gasteiger partial charge in [0, 0.05) is 18.1 Å². The molecule has 0 bridgehead atoms. The van der Waals surface area contributed by atoms with Crippen LogP contribution in [0.1, 0.15) is 57.1 Å². The minimum Gasteiger partial charge on any atom is -0.308 e. The van der Waals surface area contributed by atoms with Gasteiger partial charge in [-0.15, -0.1) is 0 Å². The molecule has 1 aliphatic rings. The van der Waals surface area contributed by atoms with E-state index in [1.165, 1.54) is 44.1 Å². The molecular formula is C18H30N2. The summed E-state index contributed by atoms with van der Waals surface area (Å²) < 4.78 is 0. The zero-order valence-corrected chi connectivity index (χ0v) is 13.4. The summed E-state index contributed by atoms with van der Waals surface area (Å²) in [7, 11) is 4.45. The van der Waals surface area contributed by atoms with Gasteiger partial charge >= 0.3 is 0 Å². The van der Waals surface area contributed by atoms with Gasteiger partial charge in [-0.25, -0.2) is 0 Å². The summed E-state index contributed by atoms with van der Waals surface area (Å²) in [6, 6.07) is 11.4. The van der Waals surface area contributed by atoms with E-state index in [9.17, 15) is 0 Å². The Kier molecular flexibility index (Phi) is 5.62. The molecule has 1 saturated carbocycles. The normalized spacial score (nSPS) is 18.8. The van der Waals surface area contributed by atoms with Crippen molar-refractivity contribution in [2.24, 2.45) is 0 Å². The van der Waals surface area contributed by atoms with E-state index >= 15 is 0 Å². The number of hydrogen-bond donors (Lipinski definition) is 1. The molecule has 2 rings (SSSR count). The standard InChI is InChI=1S/C18H30N2/c1-4-5-12-17(16-10-7-6-8-11-16)19-15-18(20(2)3)13-9-14-18/h6-8,10-11,17,19H,4-5,9,12-15H2,1-3H3. The van der Waals surface area contributed by atoms with Crippen LogP contribution in [-0.2, 0) is 0 Å². The van der Waals surface area contributed by atoms with Crippen LogP contribution in [0.3, 0.4) is 0 Å². The lowest BCUT2D eigenvalue weighted by Gasteiger charge is -2.48. The molecule has 1 N–H and O–H groups in total. The first-order valence-corrected chi connectivity index (χ1v) is 8.14. The molecule has 1 aromatic rings. The van der Waals surface area contributed by atoms with Crippen LogP contribution in [0.4, 0.5) is 0 Å². The largest absolute Gasteiger partial charge is 0.308 e. The highest BCUT2D eigenvalue weighted by Crippen LogP contribution is 2.36. The van der Waals surface area contributed by atoms with E-state index in [0.717, 1.165) is 6.54 Å². The number of nitrogens with zero attached hydrogens (tertiary/aromatic N) is 1. The monoisotopic (exact) mass is 274 g/mol. The molecule has 0 saturated heterocycles. The molecule has 1 fully saturated rings. The Morgan fingerprint density at radius 1 is 1.20 bits per heavy atom. The molecule has 1 unspecified atom stereocenters. The highest BCUT2D eigenvalue weighted by atomic mass is 15.2. The van der Waals surface area contributed by atoms with Crippen molar-refractivity contribution >= 4 is 0 Å². The van der Waals surface area contributed by atoms with E-state index in [-0.39, 0.29) is 0 Å². The topological polar surface area (TPSA) is 15.3 Å².